The number of carbonyl (C=O) groups excluding carboxylic acids is 2. The standard InChI is InChI=1S/C17H31N3O2.ClH/c1-13(2)11-17(22)20-9-6-15(7-10-20)19-16(21)4-3-14-5-8-18-12-14;/h13-15,18H,3-12H2,1-2H3,(H,19,21);1H. The van der Waals surface area contributed by atoms with Gasteiger partial charge in [-0.05, 0) is 50.6 Å². The van der Waals surface area contributed by atoms with Crippen molar-refractivity contribution in [2.45, 2.75) is 58.4 Å². The molecule has 1 atom stereocenters. The van der Waals surface area contributed by atoms with E-state index in [0.717, 1.165) is 45.4 Å². The molecule has 0 aromatic heterocycles. The van der Waals surface area contributed by atoms with Crippen molar-refractivity contribution in [2.75, 3.05) is 26.2 Å². The monoisotopic (exact) mass is 345 g/mol. The second-order valence-corrected chi connectivity index (χ2v) is 7.22. The molecule has 2 aliphatic heterocycles. The van der Waals surface area contributed by atoms with Crippen LogP contribution >= 0.6 is 12.4 Å². The predicted molar refractivity (Wildman–Crippen MR) is 94.7 cm³/mol. The van der Waals surface area contributed by atoms with E-state index in [0.29, 0.717) is 24.7 Å². The van der Waals surface area contributed by atoms with E-state index >= 15 is 0 Å². The van der Waals surface area contributed by atoms with Crippen LogP contribution in [0.15, 0.2) is 0 Å². The van der Waals surface area contributed by atoms with E-state index in [-0.39, 0.29) is 30.3 Å². The van der Waals surface area contributed by atoms with E-state index in [1.807, 2.05) is 4.90 Å². The van der Waals surface area contributed by atoms with Gasteiger partial charge < -0.3 is 15.5 Å². The molecule has 0 aromatic rings. The van der Waals surface area contributed by atoms with Crippen LogP contribution in [0, 0.1) is 11.8 Å². The molecule has 134 valence electrons. The summed E-state index contributed by atoms with van der Waals surface area (Å²) in [6, 6.07) is 0.248. The van der Waals surface area contributed by atoms with Crippen LogP contribution in [0.25, 0.3) is 0 Å². The summed E-state index contributed by atoms with van der Waals surface area (Å²) in [5, 5.41) is 6.48. The van der Waals surface area contributed by atoms with Gasteiger partial charge >= 0.3 is 0 Å². The molecule has 23 heavy (non-hydrogen) atoms. The Morgan fingerprint density at radius 1 is 1.22 bits per heavy atom. The maximum absolute atomic E-state index is 12.0. The fourth-order valence-electron chi connectivity index (χ4n) is 3.35. The zero-order chi connectivity index (χ0) is 15.9. The molecule has 6 heteroatoms. The number of likely N-dealkylation sites (tertiary alicyclic amines) is 1. The number of nitrogens with zero attached hydrogens (tertiary/aromatic N) is 1. The highest BCUT2D eigenvalue weighted by Gasteiger charge is 2.24. The summed E-state index contributed by atoms with van der Waals surface area (Å²) in [6.45, 7) is 7.86. The van der Waals surface area contributed by atoms with Crippen molar-refractivity contribution >= 4 is 24.2 Å². The fourth-order valence-corrected chi connectivity index (χ4v) is 3.35. The minimum atomic E-state index is 0. The van der Waals surface area contributed by atoms with Crippen LogP contribution in [0.3, 0.4) is 0 Å². The van der Waals surface area contributed by atoms with Crippen molar-refractivity contribution in [1.82, 2.24) is 15.5 Å². The Labute approximate surface area is 146 Å². The molecular formula is C17H32ClN3O2. The Bertz CT molecular complexity index is 376. The second kappa shape index (κ2) is 10.1. The van der Waals surface area contributed by atoms with Crippen molar-refractivity contribution in [3.05, 3.63) is 0 Å². The number of hydrogen-bond acceptors (Lipinski definition) is 3. The van der Waals surface area contributed by atoms with Gasteiger partial charge in [0.1, 0.15) is 0 Å². The Hall–Kier alpha value is -0.810. The van der Waals surface area contributed by atoms with Gasteiger partial charge in [0, 0.05) is 32.0 Å². The Kier molecular flexibility index (Phi) is 8.92. The largest absolute Gasteiger partial charge is 0.353 e. The Morgan fingerprint density at radius 2 is 1.91 bits per heavy atom. The third-order valence-electron chi connectivity index (χ3n) is 4.74. The number of carbonyl (C=O) groups is 2. The summed E-state index contributed by atoms with van der Waals surface area (Å²) in [7, 11) is 0. The first-order chi connectivity index (χ1) is 10.5. The maximum atomic E-state index is 12.0. The lowest BCUT2D eigenvalue weighted by molar-refractivity contribution is -0.133. The lowest BCUT2D eigenvalue weighted by Crippen LogP contribution is -2.46. The van der Waals surface area contributed by atoms with Crippen molar-refractivity contribution in [3.8, 4) is 0 Å². The average Bonchev–Trinajstić information content (AvgIpc) is 2.98. The molecule has 2 aliphatic rings. The van der Waals surface area contributed by atoms with Gasteiger partial charge in [-0.3, -0.25) is 9.59 Å². The highest BCUT2D eigenvalue weighted by molar-refractivity contribution is 5.85. The van der Waals surface area contributed by atoms with Gasteiger partial charge in [0.2, 0.25) is 11.8 Å². The molecule has 2 N–H and O–H groups in total. The predicted octanol–water partition coefficient (Wildman–Crippen LogP) is 1.95. The van der Waals surface area contributed by atoms with Gasteiger partial charge in [-0.2, -0.15) is 0 Å². The third kappa shape index (κ3) is 7.08. The Balaban J connectivity index is 0.00000264. The number of halogens is 1. The maximum Gasteiger partial charge on any atom is 0.222 e. The number of hydrogen-bond donors (Lipinski definition) is 2. The van der Waals surface area contributed by atoms with Crippen LogP contribution in [0.1, 0.15) is 52.4 Å². The molecule has 0 saturated carbocycles. The van der Waals surface area contributed by atoms with Crippen molar-refractivity contribution in [1.29, 1.82) is 0 Å². The molecule has 2 rings (SSSR count). The molecule has 2 fully saturated rings. The third-order valence-corrected chi connectivity index (χ3v) is 4.74. The molecule has 0 spiro atoms. The number of piperidine rings is 1. The topological polar surface area (TPSA) is 61.4 Å². The molecule has 0 radical (unpaired) electrons. The summed E-state index contributed by atoms with van der Waals surface area (Å²) in [5.74, 6) is 1.52. The lowest BCUT2D eigenvalue weighted by atomic mass is 10.0. The van der Waals surface area contributed by atoms with Gasteiger partial charge in [-0.1, -0.05) is 13.8 Å². The minimum Gasteiger partial charge on any atom is -0.353 e. The molecule has 0 bridgehead atoms. The lowest BCUT2D eigenvalue weighted by Gasteiger charge is -2.33. The first-order valence-corrected chi connectivity index (χ1v) is 8.82. The molecule has 0 aliphatic carbocycles. The first-order valence-electron chi connectivity index (χ1n) is 8.82. The van der Waals surface area contributed by atoms with Crippen molar-refractivity contribution < 1.29 is 9.59 Å². The van der Waals surface area contributed by atoms with E-state index in [9.17, 15) is 9.59 Å². The molecule has 0 aromatic carbocycles. The van der Waals surface area contributed by atoms with Gasteiger partial charge in [-0.15, -0.1) is 12.4 Å². The number of nitrogens with one attached hydrogen (secondary N) is 2. The van der Waals surface area contributed by atoms with Gasteiger partial charge in [0.15, 0.2) is 0 Å². The zero-order valence-corrected chi connectivity index (χ0v) is 15.3. The van der Waals surface area contributed by atoms with E-state index in [4.69, 9.17) is 0 Å². The minimum absolute atomic E-state index is 0. The molecule has 2 heterocycles. The average molecular weight is 346 g/mol. The number of rotatable bonds is 6. The summed E-state index contributed by atoms with van der Waals surface area (Å²) in [4.78, 5) is 26.0. The van der Waals surface area contributed by atoms with Crippen molar-refractivity contribution in [2.24, 2.45) is 11.8 Å². The summed E-state index contributed by atoms with van der Waals surface area (Å²) < 4.78 is 0. The van der Waals surface area contributed by atoms with E-state index in [1.165, 1.54) is 6.42 Å². The highest BCUT2D eigenvalue weighted by Crippen LogP contribution is 2.16. The van der Waals surface area contributed by atoms with E-state index in [1.54, 1.807) is 0 Å². The van der Waals surface area contributed by atoms with Crippen LogP contribution in [0.5, 0.6) is 0 Å². The molecule has 1 unspecified atom stereocenters. The summed E-state index contributed by atoms with van der Waals surface area (Å²) in [6.07, 6.45) is 5.24. The van der Waals surface area contributed by atoms with Crippen LogP contribution in [-0.2, 0) is 9.59 Å². The smallest absolute Gasteiger partial charge is 0.222 e. The van der Waals surface area contributed by atoms with Crippen LogP contribution in [0.2, 0.25) is 0 Å². The summed E-state index contributed by atoms with van der Waals surface area (Å²) in [5.41, 5.74) is 0. The van der Waals surface area contributed by atoms with Crippen LogP contribution < -0.4 is 10.6 Å². The Morgan fingerprint density at radius 3 is 2.48 bits per heavy atom. The summed E-state index contributed by atoms with van der Waals surface area (Å²) >= 11 is 0. The molecule has 2 amide bonds. The fraction of sp³-hybridized carbons (Fsp3) is 0.882. The van der Waals surface area contributed by atoms with Gasteiger partial charge in [0.25, 0.3) is 0 Å². The van der Waals surface area contributed by atoms with Gasteiger partial charge in [-0.25, -0.2) is 0 Å². The quantitative estimate of drug-likeness (QED) is 0.773. The molecule has 2 saturated heterocycles. The highest BCUT2D eigenvalue weighted by atomic mass is 35.5. The SMILES string of the molecule is CC(C)CC(=O)N1CCC(NC(=O)CCC2CCNC2)CC1.Cl. The van der Waals surface area contributed by atoms with Crippen LogP contribution in [0.4, 0.5) is 0 Å². The van der Waals surface area contributed by atoms with E-state index in [2.05, 4.69) is 24.5 Å². The van der Waals surface area contributed by atoms with Crippen LogP contribution in [-0.4, -0.2) is 48.9 Å². The second-order valence-electron chi connectivity index (χ2n) is 7.22. The first kappa shape index (κ1) is 20.2. The molecule has 5 nitrogen and oxygen atoms in total. The number of amides is 2. The van der Waals surface area contributed by atoms with Crippen molar-refractivity contribution in [3.63, 3.8) is 0 Å². The zero-order valence-electron chi connectivity index (χ0n) is 14.5. The van der Waals surface area contributed by atoms with E-state index < -0.39 is 0 Å². The molecular weight excluding hydrogens is 314 g/mol. The van der Waals surface area contributed by atoms with Gasteiger partial charge in [0.05, 0.1) is 0 Å². The normalized spacial score (nSPS) is 22.0.